The second kappa shape index (κ2) is 14.8. The van der Waals surface area contributed by atoms with Crippen molar-refractivity contribution in [3.05, 3.63) is 91.0 Å². The van der Waals surface area contributed by atoms with E-state index in [0.29, 0.717) is 0 Å². The molecule has 0 N–H and O–H groups in total. The second-order valence-corrected chi connectivity index (χ2v) is 3.94. The van der Waals surface area contributed by atoms with Crippen molar-refractivity contribution in [2.45, 2.75) is 0 Å². The third-order valence-corrected chi connectivity index (χ3v) is 2.23. The number of hydrogen-bond acceptors (Lipinski definition) is 3. The van der Waals surface area contributed by atoms with E-state index in [4.69, 9.17) is 0 Å². The zero-order valence-corrected chi connectivity index (χ0v) is 14.1. The average molecular weight is 372 g/mol. The van der Waals surface area contributed by atoms with Gasteiger partial charge in [0.15, 0.2) is 0 Å². The van der Waals surface area contributed by atoms with Crippen LogP contribution in [0.15, 0.2) is 91.0 Å². The topological polar surface area (TPSA) is 69.2 Å². The summed E-state index contributed by atoms with van der Waals surface area (Å²) in [6.45, 7) is 0. The summed E-state index contributed by atoms with van der Waals surface area (Å²) in [6, 6.07) is 25.0. The van der Waals surface area contributed by atoms with Crippen molar-refractivity contribution in [1.82, 2.24) is 0 Å². The summed E-state index contributed by atoms with van der Waals surface area (Å²) in [4.78, 5) is 0. The molecule has 3 aromatic carbocycles. The normalized spacial score (nSPS) is 7.83. The Balaban J connectivity index is 0. The van der Waals surface area contributed by atoms with E-state index >= 15 is 0 Å². The van der Waals surface area contributed by atoms with Crippen molar-refractivity contribution in [2.24, 2.45) is 0 Å². The molecule has 0 aliphatic rings. The summed E-state index contributed by atoms with van der Waals surface area (Å²) in [5, 5.41) is 30.8. The molecule has 0 spiro atoms. The predicted octanol–water partition coefficient (Wildman–Crippen LogP) is 2.70. The zero-order valence-electron chi connectivity index (χ0n) is 12.1. The van der Waals surface area contributed by atoms with Crippen LogP contribution >= 0.6 is 12.4 Å². The molecule has 0 heterocycles. The minimum atomic E-state index is 0. The van der Waals surface area contributed by atoms with Gasteiger partial charge in [-0.1, -0.05) is 91.0 Å². The molecule has 3 rings (SSSR count). The molecule has 0 aromatic heterocycles. The Morgan fingerprint density at radius 1 is 0.391 bits per heavy atom. The van der Waals surface area contributed by atoms with Gasteiger partial charge in [-0.15, -0.1) is 29.7 Å². The monoisotopic (exact) mass is 371 g/mol. The molecule has 0 unspecified atom stereocenters. The first-order valence-electron chi connectivity index (χ1n) is 6.34. The van der Waals surface area contributed by atoms with E-state index in [1.54, 1.807) is 36.4 Å². The summed E-state index contributed by atoms with van der Waals surface area (Å²) in [5.74, 6) is 0.215. The molecule has 3 nitrogen and oxygen atoms in total. The van der Waals surface area contributed by atoms with Gasteiger partial charge < -0.3 is 15.3 Å². The van der Waals surface area contributed by atoms with Crippen molar-refractivity contribution in [3.8, 4) is 17.2 Å². The van der Waals surface area contributed by atoms with Crippen LogP contribution < -0.4 is 15.3 Å². The molecular weight excluding hydrogens is 355 g/mol. The van der Waals surface area contributed by atoms with E-state index in [0.717, 1.165) is 0 Å². The van der Waals surface area contributed by atoms with Gasteiger partial charge in [0.25, 0.3) is 0 Å². The smallest absolute Gasteiger partial charge is 0.872 e. The van der Waals surface area contributed by atoms with E-state index in [1.807, 2.05) is 18.2 Å². The first-order chi connectivity index (χ1) is 10.2. The van der Waals surface area contributed by atoms with E-state index in [1.165, 1.54) is 36.4 Å². The first-order valence-corrected chi connectivity index (χ1v) is 6.34. The molecule has 1 radical (unpaired) electrons. The molecule has 0 aliphatic heterocycles. The molecule has 23 heavy (non-hydrogen) atoms. The van der Waals surface area contributed by atoms with Crippen LogP contribution in [0.1, 0.15) is 0 Å². The minimum absolute atomic E-state index is 0. The molecule has 3 aromatic rings. The molecule has 0 amide bonds. The van der Waals surface area contributed by atoms with Crippen molar-refractivity contribution in [1.29, 1.82) is 0 Å². The van der Waals surface area contributed by atoms with Gasteiger partial charge in [0.1, 0.15) is 0 Å². The summed E-state index contributed by atoms with van der Waals surface area (Å²) in [6.07, 6.45) is 0. The number of halogens is 1. The molecule has 0 saturated carbocycles. The Bertz CT molecular complexity index is 503. The van der Waals surface area contributed by atoms with E-state index in [9.17, 15) is 15.3 Å². The zero-order chi connectivity index (χ0) is 15.3. The number of benzene rings is 3. The van der Waals surface area contributed by atoms with Crippen LogP contribution in [0, 0.1) is 0 Å². The third kappa shape index (κ3) is 13.3. The van der Waals surface area contributed by atoms with Crippen LogP contribution in [-0.4, -0.2) is 0 Å². The largest absolute Gasteiger partial charge is 3.00 e. The van der Waals surface area contributed by atoms with Crippen LogP contribution in [-0.2, 0) is 17.1 Å². The Hall–Kier alpha value is -2.13. The minimum Gasteiger partial charge on any atom is -0.872 e. The van der Waals surface area contributed by atoms with Gasteiger partial charge in [-0.3, -0.25) is 0 Å². The number of rotatable bonds is 0. The maximum absolute atomic E-state index is 10.3. The SMILES string of the molecule is Cl.[Fe+3].[O-]c1ccccc1.[O-]c1ccccc1.[O-]c1ccccc1. The van der Waals surface area contributed by atoms with Crippen molar-refractivity contribution in [3.63, 3.8) is 0 Å². The number of hydrogen-bond donors (Lipinski definition) is 0. The van der Waals surface area contributed by atoms with E-state index in [-0.39, 0.29) is 46.7 Å². The van der Waals surface area contributed by atoms with Gasteiger partial charge in [0.2, 0.25) is 0 Å². The third-order valence-electron chi connectivity index (χ3n) is 2.23. The molecule has 121 valence electrons. The van der Waals surface area contributed by atoms with Gasteiger partial charge in [-0.2, -0.15) is 0 Å². The van der Waals surface area contributed by atoms with Gasteiger partial charge in [-0.05, 0) is 0 Å². The maximum atomic E-state index is 10.3. The maximum Gasteiger partial charge on any atom is 3.00 e. The fourth-order valence-electron chi connectivity index (χ4n) is 1.26. The molecule has 0 fully saturated rings. The molecule has 0 bridgehead atoms. The molecule has 5 heteroatoms. The summed E-state index contributed by atoms with van der Waals surface area (Å²) < 4.78 is 0. The van der Waals surface area contributed by atoms with Crippen molar-refractivity contribution >= 4 is 12.4 Å². The van der Waals surface area contributed by atoms with Crippen molar-refractivity contribution in [2.75, 3.05) is 0 Å². The standard InChI is InChI=1S/3C6H6O.ClH.Fe/c3*7-6-4-2-1-3-5-6;;/h3*1-5,7H;1H;/q;;;;+3/p-3. The van der Waals surface area contributed by atoms with E-state index < -0.39 is 0 Å². The van der Waals surface area contributed by atoms with E-state index in [2.05, 4.69) is 0 Å². The predicted molar refractivity (Wildman–Crippen MR) is 84.9 cm³/mol. The van der Waals surface area contributed by atoms with Crippen LogP contribution in [0.2, 0.25) is 0 Å². The summed E-state index contributed by atoms with van der Waals surface area (Å²) in [7, 11) is 0. The Morgan fingerprint density at radius 2 is 0.565 bits per heavy atom. The summed E-state index contributed by atoms with van der Waals surface area (Å²) >= 11 is 0. The number of para-hydroxylation sites is 3. The van der Waals surface area contributed by atoms with Gasteiger partial charge in [0.05, 0.1) is 0 Å². The van der Waals surface area contributed by atoms with Crippen LogP contribution in [0.25, 0.3) is 0 Å². The molecule has 0 aliphatic carbocycles. The van der Waals surface area contributed by atoms with Crippen LogP contribution in [0.3, 0.4) is 0 Å². The fraction of sp³-hybridized carbons (Fsp3) is 0. The van der Waals surface area contributed by atoms with Crippen LogP contribution in [0.4, 0.5) is 0 Å². The Kier molecular flexibility index (Phi) is 14.9. The molecule has 0 saturated heterocycles. The average Bonchev–Trinajstić information content (AvgIpc) is 2.51. The van der Waals surface area contributed by atoms with Gasteiger partial charge >= 0.3 is 17.1 Å². The quantitative estimate of drug-likeness (QED) is 0.571. The molecular formula is C18H16ClFeO3. The fourth-order valence-corrected chi connectivity index (χ4v) is 1.26. The van der Waals surface area contributed by atoms with Gasteiger partial charge in [0, 0.05) is 0 Å². The first kappa shape index (κ1) is 23.1. The van der Waals surface area contributed by atoms with Crippen LogP contribution in [0.5, 0.6) is 17.2 Å². The summed E-state index contributed by atoms with van der Waals surface area (Å²) in [5.41, 5.74) is 0. The van der Waals surface area contributed by atoms with Crippen molar-refractivity contribution < 1.29 is 32.4 Å². The molecule has 0 atom stereocenters. The Morgan fingerprint density at radius 3 is 0.652 bits per heavy atom. The van der Waals surface area contributed by atoms with Gasteiger partial charge in [-0.25, -0.2) is 0 Å². The second-order valence-electron chi connectivity index (χ2n) is 3.94. The Labute approximate surface area is 153 Å².